The van der Waals surface area contributed by atoms with Crippen LogP contribution in [0.15, 0.2) is 24.4 Å². The Bertz CT molecular complexity index is 581. The van der Waals surface area contributed by atoms with E-state index < -0.39 is 0 Å². The highest BCUT2D eigenvalue weighted by molar-refractivity contribution is 5.70. The molecule has 0 bridgehead atoms. The van der Waals surface area contributed by atoms with Gasteiger partial charge in [-0.05, 0) is 32.1 Å². The van der Waals surface area contributed by atoms with E-state index in [-0.39, 0.29) is 0 Å². The normalized spacial score (nSPS) is 10.9. The highest BCUT2D eigenvalue weighted by Gasteiger charge is 2.14. The van der Waals surface area contributed by atoms with Crippen molar-refractivity contribution in [2.24, 2.45) is 0 Å². The summed E-state index contributed by atoms with van der Waals surface area (Å²) < 4.78 is 10.7. The van der Waals surface area contributed by atoms with Gasteiger partial charge in [0, 0.05) is 23.7 Å². The van der Waals surface area contributed by atoms with Crippen molar-refractivity contribution < 1.29 is 9.47 Å². The Labute approximate surface area is 125 Å². The zero-order valence-electron chi connectivity index (χ0n) is 13.1. The molecule has 114 valence electrons. The lowest BCUT2D eigenvalue weighted by Gasteiger charge is -2.16. The molecule has 0 saturated heterocycles. The maximum atomic E-state index is 5.48. The van der Waals surface area contributed by atoms with E-state index in [1.165, 1.54) is 0 Å². The summed E-state index contributed by atoms with van der Waals surface area (Å²) in [6.45, 7) is 4.10. The Hall–Kier alpha value is -2.01. The number of aromatic amines is 1. The predicted octanol–water partition coefficient (Wildman–Crippen LogP) is 2.94. The lowest BCUT2D eigenvalue weighted by Crippen LogP contribution is -2.18. The first kappa shape index (κ1) is 15.4. The minimum atomic E-state index is 0.776. The Kier molecular flexibility index (Phi) is 5.22. The van der Waals surface area contributed by atoms with Gasteiger partial charge in [-0.15, -0.1) is 0 Å². The third kappa shape index (κ3) is 3.55. The molecule has 0 radical (unpaired) electrons. The SMILES string of the molecule is CCCN(C)Cc1cn[nH]c1-c1ccc(OC)cc1OC. The van der Waals surface area contributed by atoms with Crippen molar-refractivity contribution >= 4 is 0 Å². The lowest BCUT2D eigenvalue weighted by atomic mass is 10.1. The van der Waals surface area contributed by atoms with Gasteiger partial charge >= 0.3 is 0 Å². The fourth-order valence-electron chi connectivity index (χ4n) is 2.42. The molecule has 0 aliphatic carbocycles. The number of nitrogens with zero attached hydrogens (tertiary/aromatic N) is 2. The van der Waals surface area contributed by atoms with Gasteiger partial charge in [0.05, 0.1) is 26.1 Å². The summed E-state index contributed by atoms with van der Waals surface area (Å²) >= 11 is 0. The van der Waals surface area contributed by atoms with Gasteiger partial charge in [-0.3, -0.25) is 5.10 Å². The molecule has 0 amide bonds. The number of H-pyrrole nitrogens is 1. The molecule has 1 aromatic heterocycles. The predicted molar refractivity (Wildman–Crippen MR) is 83.8 cm³/mol. The van der Waals surface area contributed by atoms with E-state index in [0.29, 0.717) is 0 Å². The quantitative estimate of drug-likeness (QED) is 0.851. The molecule has 0 spiro atoms. The molecule has 1 N–H and O–H groups in total. The first-order valence-corrected chi connectivity index (χ1v) is 7.12. The van der Waals surface area contributed by atoms with Crippen LogP contribution >= 0.6 is 0 Å². The number of hydrogen-bond donors (Lipinski definition) is 1. The number of aromatic nitrogens is 2. The molecule has 0 aliphatic heterocycles. The fourth-order valence-corrected chi connectivity index (χ4v) is 2.42. The summed E-state index contributed by atoms with van der Waals surface area (Å²) in [5.74, 6) is 1.55. The average Bonchev–Trinajstić information content (AvgIpc) is 2.94. The van der Waals surface area contributed by atoms with Crippen LogP contribution in [-0.4, -0.2) is 42.9 Å². The molecule has 0 fully saturated rings. The van der Waals surface area contributed by atoms with E-state index in [1.807, 2.05) is 24.4 Å². The van der Waals surface area contributed by atoms with Crippen molar-refractivity contribution in [1.82, 2.24) is 15.1 Å². The molecular weight excluding hydrogens is 266 g/mol. The summed E-state index contributed by atoms with van der Waals surface area (Å²) in [5.41, 5.74) is 3.16. The molecule has 2 aromatic rings. The third-order valence-corrected chi connectivity index (χ3v) is 3.44. The third-order valence-electron chi connectivity index (χ3n) is 3.44. The molecule has 0 unspecified atom stereocenters. The molecule has 1 heterocycles. The number of methoxy groups -OCH3 is 2. The summed E-state index contributed by atoms with van der Waals surface area (Å²) in [6.07, 6.45) is 3.01. The number of benzene rings is 1. The second-order valence-corrected chi connectivity index (χ2v) is 5.07. The second-order valence-electron chi connectivity index (χ2n) is 5.07. The topological polar surface area (TPSA) is 50.4 Å². The number of nitrogens with one attached hydrogen (secondary N) is 1. The summed E-state index contributed by atoms with van der Waals surface area (Å²) in [7, 11) is 5.43. The van der Waals surface area contributed by atoms with Crippen molar-refractivity contribution in [1.29, 1.82) is 0 Å². The molecule has 5 heteroatoms. The van der Waals surface area contributed by atoms with Crippen LogP contribution in [0, 0.1) is 0 Å². The number of hydrogen-bond acceptors (Lipinski definition) is 4. The Balaban J connectivity index is 2.32. The van der Waals surface area contributed by atoms with Gasteiger partial charge in [-0.25, -0.2) is 0 Å². The minimum Gasteiger partial charge on any atom is -0.497 e. The molecule has 21 heavy (non-hydrogen) atoms. The van der Waals surface area contributed by atoms with Crippen LogP contribution in [0.25, 0.3) is 11.3 Å². The maximum absolute atomic E-state index is 5.48. The van der Waals surface area contributed by atoms with Gasteiger partial charge in [0.15, 0.2) is 0 Å². The van der Waals surface area contributed by atoms with Gasteiger partial charge < -0.3 is 14.4 Å². The van der Waals surface area contributed by atoms with E-state index in [9.17, 15) is 0 Å². The fraction of sp³-hybridized carbons (Fsp3) is 0.438. The molecule has 5 nitrogen and oxygen atoms in total. The van der Waals surface area contributed by atoms with Crippen LogP contribution in [0.4, 0.5) is 0 Å². The molecule has 0 aliphatic rings. The smallest absolute Gasteiger partial charge is 0.131 e. The van der Waals surface area contributed by atoms with E-state index in [4.69, 9.17) is 9.47 Å². The second kappa shape index (κ2) is 7.13. The van der Waals surface area contributed by atoms with Gasteiger partial charge in [0.1, 0.15) is 11.5 Å². The Morgan fingerprint density at radius 3 is 2.71 bits per heavy atom. The average molecular weight is 289 g/mol. The van der Waals surface area contributed by atoms with Gasteiger partial charge in [-0.2, -0.15) is 5.10 Å². The van der Waals surface area contributed by atoms with Crippen molar-refractivity contribution in [3.8, 4) is 22.8 Å². The number of ether oxygens (including phenoxy) is 2. The Morgan fingerprint density at radius 1 is 1.24 bits per heavy atom. The Morgan fingerprint density at radius 2 is 2.05 bits per heavy atom. The van der Waals surface area contributed by atoms with E-state index in [2.05, 4.69) is 29.1 Å². The van der Waals surface area contributed by atoms with Crippen LogP contribution in [0.1, 0.15) is 18.9 Å². The first-order chi connectivity index (χ1) is 10.2. The van der Waals surface area contributed by atoms with E-state index in [0.717, 1.165) is 47.8 Å². The van der Waals surface area contributed by atoms with Gasteiger partial charge in [-0.1, -0.05) is 6.92 Å². The molecule has 1 aromatic carbocycles. The van der Waals surface area contributed by atoms with Crippen molar-refractivity contribution in [2.45, 2.75) is 19.9 Å². The molecule has 0 saturated carbocycles. The van der Waals surface area contributed by atoms with Gasteiger partial charge in [0.25, 0.3) is 0 Å². The zero-order valence-corrected chi connectivity index (χ0v) is 13.1. The highest BCUT2D eigenvalue weighted by Crippen LogP contribution is 2.34. The van der Waals surface area contributed by atoms with Crippen LogP contribution in [-0.2, 0) is 6.54 Å². The van der Waals surface area contributed by atoms with Crippen molar-refractivity contribution in [3.05, 3.63) is 30.0 Å². The van der Waals surface area contributed by atoms with Crippen molar-refractivity contribution in [2.75, 3.05) is 27.8 Å². The monoisotopic (exact) mass is 289 g/mol. The summed E-state index contributed by atoms with van der Waals surface area (Å²) in [4.78, 5) is 2.28. The highest BCUT2D eigenvalue weighted by atomic mass is 16.5. The van der Waals surface area contributed by atoms with E-state index >= 15 is 0 Å². The largest absolute Gasteiger partial charge is 0.497 e. The van der Waals surface area contributed by atoms with Gasteiger partial charge in [0.2, 0.25) is 0 Å². The standard InChI is InChI=1S/C16H23N3O2/c1-5-8-19(2)11-12-10-17-18-16(12)14-7-6-13(20-3)9-15(14)21-4/h6-7,9-10H,5,8,11H2,1-4H3,(H,17,18). The van der Waals surface area contributed by atoms with Crippen LogP contribution in [0.2, 0.25) is 0 Å². The minimum absolute atomic E-state index is 0.776. The molecule has 0 atom stereocenters. The zero-order chi connectivity index (χ0) is 15.2. The van der Waals surface area contributed by atoms with Crippen LogP contribution in [0.3, 0.4) is 0 Å². The van der Waals surface area contributed by atoms with Crippen LogP contribution < -0.4 is 9.47 Å². The maximum Gasteiger partial charge on any atom is 0.131 e. The summed E-state index contributed by atoms with van der Waals surface area (Å²) in [6, 6.07) is 5.81. The number of rotatable bonds is 7. The van der Waals surface area contributed by atoms with Crippen LogP contribution in [0.5, 0.6) is 11.5 Å². The van der Waals surface area contributed by atoms with E-state index in [1.54, 1.807) is 14.2 Å². The summed E-state index contributed by atoms with van der Waals surface area (Å²) in [5, 5.41) is 7.28. The molecule has 2 rings (SSSR count). The first-order valence-electron chi connectivity index (χ1n) is 7.12. The van der Waals surface area contributed by atoms with Crippen molar-refractivity contribution in [3.63, 3.8) is 0 Å². The molecular formula is C16H23N3O2. The lowest BCUT2D eigenvalue weighted by molar-refractivity contribution is 0.328.